The van der Waals surface area contributed by atoms with Gasteiger partial charge in [-0.15, -0.1) is 0 Å². The fourth-order valence-corrected chi connectivity index (χ4v) is 4.40. The Bertz CT molecular complexity index is 1070. The second-order valence-electron chi connectivity index (χ2n) is 5.82. The van der Waals surface area contributed by atoms with Crippen molar-refractivity contribution in [3.05, 3.63) is 87.7 Å². The number of amides is 1. The molecule has 0 saturated carbocycles. The second-order valence-corrected chi connectivity index (χ2v) is 6.85. The third-order valence-corrected chi connectivity index (χ3v) is 5.60. The number of nitriles is 2. The number of hydrogen-bond donors (Lipinski definition) is 1. The van der Waals surface area contributed by atoms with E-state index >= 15 is 0 Å². The molecule has 26 heavy (non-hydrogen) atoms. The Morgan fingerprint density at radius 2 is 1.62 bits per heavy atom. The average molecular weight is 356 g/mol. The van der Waals surface area contributed by atoms with Crippen molar-refractivity contribution in [2.75, 3.05) is 0 Å². The molecule has 5 nitrogen and oxygen atoms in total. The van der Waals surface area contributed by atoms with Gasteiger partial charge in [0.05, 0.1) is 34.8 Å². The minimum Gasteiger partial charge on any atom is -0.384 e. The molecule has 4 rings (SSSR count). The number of rotatable bonds is 1. The van der Waals surface area contributed by atoms with Crippen molar-refractivity contribution in [2.24, 2.45) is 5.73 Å². The molecular formula is C20H12N4OS. The van der Waals surface area contributed by atoms with Gasteiger partial charge < -0.3 is 5.73 Å². The van der Waals surface area contributed by atoms with E-state index in [1.165, 1.54) is 16.7 Å². The fourth-order valence-electron chi connectivity index (χ4n) is 3.24. The number of carbonyl (C=O) groups is 1. The van der Waals surface area contributed by atoms with Gasteiger partial charge in [0.15, 0.2) is 0 Å². The number of nitrogens with zero attached hydrogens (tertiary/aromatic N) is 3. The van der Waals surface area contributed by atoms with Gasteiger partial charge in [-0.05, 0) is 17.7 Å². The van der Waals surface area contributed by atoms with Crippen molar-refractivity contribution in [1.82, 2.24) is 4.90 Å². The maximum atomic E-state index is 13.0. The Hall–Kier alpha value is -3.48. The molecule has 2 aliphatic rings. The first kappa shape index (κ1) is 16.0. The molecule has 1 amide bonds. The molecule has 0 fully saturated rings. The van der Waals surface area contributed by atoms with Crippen LogP contribution in [0.4, 0.5) is 0 Å². The van der Waals surface area contributed by atoms with Crippen molar-refractivity contribution < 1.29 is 4.79 Å². The molecule has 6 heteroatoms. The Kier molecular flexibility index (Phi) is 3.76. The second kappa shape index (κ2) is 6.11. The number of fused-ring (bicyclic) bond motifs is 2. The highest BCUT2D eigenvalue weighted by Gasteiger charge is 2.41. The highest BCUT2D eigenvalue weighted by atomic mass is 32.2. The topological polar surface area (TPSA) is 93.9 Å². The number of benzene rings is 2. The van der Waals surface area contributed by atoms with Gasteiger partial charge >= 0.3 is 0 Å². The van der Waals surface area contributed by atoms with E-state index in [2.05, 4.69) is 12.1 Å². The highest BCUT2D eigenvalue weighted by molar-refractivity contribution is 8.03. The van der Waals surface area contributed by atoms with E-state index in [0.717, 1.165) is 10.5 Å². The maximum absolute atomic E-state index is 13.0. The quantitative estimate of drug-likeness (QED) is 0.844. The van der Waals surface area contributed by atoms with Gasteiger partial charge in [0.25, 0.3) is 5.91 Å². The van der Waals surface area contributed by atoms with E-state index in [-0.39, 0.29) is 17.3 Å². The predicted molar refractivity (Wildman–Crippen MR) is 97.1 cm³/mol. The summed E-state index contributed by atoms with van der Waals surface area (Å²) in [6.07, 6.45) is 0. The molecule has 2 aromatic rings. The van der Waals surface area contributed by atoms with Crippen molar-refractivity contribution in [1.29, 1.82) is 10.5 Å². The van der Waals surface area contributed by atoms with Gasteiger partial charge in [0, 0.05) is 4.90 Å². The first-order chi connectivity index (χ1) is 12.7. The van der Waals surface area contributed by atoms with Crippen LogP contribution in [0.15, 0.2) is 81.5 Å². The summed E-state index contributed by atoms with van der Waals surface area (Å²) in [5.74, 6) is -0.816. The molecule has 0 aromatic heterocycles. The lowest BCUT2D eigenvalue weighted by atomic mass is 9.83. The standard InChI is InChI=1S/C20H12N4OS/c21-10-14-17(12-6-2-1-3-7-12)15(11-22)20-24(18(14)23)19(25)13-8-4-5-9-16(13)26-20/h1-9,17H,23H2/t17-/m1/s1. The first-order valence-electron chi connectivity index (χ1n) is 7.87. The minimum absolute atomic E-state index is 0.0855. The van der Waals surface area contributed by atoms with Crippen LogP contribution < -0.4 is 5.73 Å². The average Bonchev–Trinajstić information content (AvgIpc) is 2.68. The Labute approximate surface area is 154 Å². The molecule has 2 heterocycles. The Morgan fingerprint density at radius 1 is 0.962 bits per heavy atom. The molecule has 0 saturated heterocycles. The van der Waals surface area contributed by atoms with Crippen LogP contribution in [0.2, 0.25) is 0 Å². The molecule has 0 bridgehead atoms. The number of nitrogens with two attached hydrogens (primary N) is 1. The van der Waals surface area contributed by atoms with Crippen molar-refractivity contribution in [3.63, 3.8) is 0 Å². The molecule has 0 aliphatic carbocycles. The highest BCUT2D eigenvalue weighted by Crippen LogP contribution is 2.49. The van der Waals surface area contributed by atoms with Crippen LogP contribution in [0.1, 0.15) is 21.8 Å². The van der Waals surface area contributed by atoms with Crippen LogP contribution in [0, 0.1) is 22.7 Å². The summed E-state index contributed by atoms with van der Waals surface area (Å²) in [4.78, 5) is 15.0. The van der Waals surface area contributed by atoms with Crippen molar-refractivity contribution in [2.45, 2.75) is 10.8 Å². The number of allylic oxidation sites excluding steroid dienone is 2. The van der Waals surface area contributed by atoms with Crippen LogP contribution in [0.3, 0.4) is 0 Å². The fraction of sp³-hybridized carbons (Fsp3) is 0.0500. The monoisotopic (exact) mass is 356 g/mol. The SMILES string of the molecule is N#CC1=C(N)N2C(=O)c3ccccc3SC2=C(C#N)[C@@H]1c1ccccc1. The molecule has 2 aromatic carbocycles. The summed E-state index contributed by atoms with van der Waals surface area (Å²) < 4.78 is 0. The summed E-state index contributed by atoms with van der Waals surface area (Å²) in [6.45, 7) is 0. The van der Waals surface area contributed by atoms with Gasteiger partial charge in [0.1, 0.15) is 10.9 Å². The lowest BCUT2D eigenvalue weighted by Gasteiger charge is -2.37. The normalized spacial score (nSPS) is 18.8. The van der Waals surface area contributed by atoms with Gasteiger partial charge in [-0.2, -0.15) is 10.5 Å². The first-order valence-corrected chi connectivity index (χ1v) is 8.69. The van der Waals surface area contributed by atoms with Crippen molar-refractivity contribution in [3.8, 4) is 12.1 Å². The summed E-state index contributed by atoms with van der Waals surface area (Å²) in [5, 5.41) is 20.1. The lowest BCUT2D eigenvalue weighted by molar-refractivity contribution is 0.0841. The van der Waals surface area contributed by atoms with Crippen LogP contribution >= 0.6 is 11.8 Å². The summed E-state index contributed by atoms with van der Waals surface area (Å²) in [7, 11) is 0. The van der Waals surface area contributed by atoms with E-state index in [0.29, 0.717) is 16.2 Å². The van der Waals surface area contributed by atoms with E-state index < -0.39 is 5.92 Å². The molecular weight excluding hydrogens is 344 g/mol. The molecule has 1 atom stereocenters. The van der Waals surface area contributed by atoms with Gasteiger partial charge in [-0.25, -0.2) is 0 Å². The van der Waals surface area contributed by atoms with E-state index in [4.69, 9.17) is 5.73 Å². The third kappa shape index (κ3) is 2.21. The Balaban J connectivity index is 1.99. The van der Waals surface area contributed by atoms with Crippen LogP contribution in [-0.2, 0) is 0 Å². The van der Waals surface area contributed by atoms with Crippen LogP contribution in [0.5, 0.6) is 0 Å². The number of carbonyl (C=O) groups excluding carboxylic acids is 1. The van der Waals surface area contributed by atoms with Gasteiger partial charge in [0.2, 0.25) is 0 Å². The molecule has 0 spiro atoms. The van der Waals surface area contributed by atoms with Crippen LogP contribution in [0.25, 0.3) is 0 Å². The predicted octanol–water partition coefficient (Wildman–Crippen LogP) is 3.46. The zero-order valence-corrected chi connectivity index (χ0v) is 14.3. The smallest absolute Gasteiger partial charge is 0.265 e. The van der Waals surface area contributed by atoms with Crippen molar-refractivity contribution >= 4 is 17.7 Å². The lowest BCUT2D eigenvalue weighted by Crippen LogP contribution is -2.40. The van der Waals surface area contributed by atoms with Gasteiger partial charge in [-0.3, -0.25) is 9.69 Å². The molecule has 2 aliphatic heterocycles. The third-order valence-electron chi connectivity index (χ3n) is 4.43. The number of thioether (sulfide) groups is 1. The summed E-state index contributed by atoms with van der Waals surface area (Å²) in [6, 6.07) is 20.8. The molecule has 2 N–H and O–H groups in total. The molecule has 0 unspecified atom stereocenters. The molecule has 0 radical (unpaired) electrons. The zero-order chi connectivity index (χ0) is 18.3. The van der Waals surface area contributed by atoms with Gasteiger partial charge in [-0.1, -0.05) is 54.2 Å². The van der Waals surface area contributed by atoms with E-state index in [1.807, 2.05) is 42.5 Å². The minimum atomic E-state index is -0.581. The van der Waals surface area contributed by atoms with Crippen LogP contribution in [-0.4, -0.2) is 10.8 Å². The largest absolute Gasteiger partial charge is 0.384 e. The van der Waals surface area contributed by atoms with E-state index in [1.54, 1.807) is 12.1 Å². The maximum Gasteiger partial charge on any atom is 0.265 e. The Morgan fingerprint density at radius 3 is 2.31 bits per heavy atom. The number of hydrogen-bond acceptors (Lipinski definition) is 5. The molecule has 124 valence electrons. The zero-order valence-electron chi connectivity index (χ0n) is 13.5. The summed E-state index contributed by atoms with van der Waals surface area (Å²) >= 11 is 1.33. The van der Waals surface area contributed by atoms with E-state index in [9.17, 15) is 15.3 Å². The summed E-state index contributed by atoms with van der Waals surface area (Å²) in [5.41, 5.74) is 8.12.